The molecule has 0 aliphatic carbocycles. The number of H-pyrrole nitrogens is 1. The van der Waals surface area contributed by atoms with Gasteiger partial charge in [-0.2, -0.15) is 5.10 Å². The number of benzene rings is 1. The summed E-state index contributed by atoms with van der Waals surface area (Å²) >= 11 is 6.85. The number of aromatic nitrogens is 2. The van der Waals surface area contributed by atoms with Gasteiger partial charge in [0.2, 0.25) is 16.7 Å². The SMILES string of the molecule is C/C=C/C(=O)OCCCCOc1ccc(C2(S)N=NC(c3cc(OCC)[nH]n3)=N2)cc1I. The monoisotopic (exact) mass is 569 g/mol. The number of unbranched alkanes of at least 4 members (excludes halogenated alkanes) is 1. The first kappa shape index (κ1) is 24.2. The van der Waals surface area contributed by atoms with Gasteiger partial charge < -0.3 is 14.2 Å². The molecule has 0 saturated heterocycles. The van der Waals surface area contributed by atoms with Crippen LogP contribution in [0.25, 0.3) is 0 Å². The highest BCUT2D eigenvalue weighted by molar-refractivity contribution is 14.1. The van der Waals surface area contributed by atoms with E-state index in [1.54, 1.807) is 19.1 Å². The minimum absolute atomic E-state index is 0.323. The summed E-state index contributed by atoms with van der Waals surface area (Å²) in [4.78, 5) is 14.7. The van der Waals surface area contributed by atoms with Crippen LogP contribution in [0.2, 0.25) is 0 Å². The Labute approximate surface area is 205 Å². The van der Waals surface area contributed by atoms with Gasteiger partial charge in [-0.1, -0.05) is 6.08 Å². The number of hydrogen-bond donors (Lipinski definition) is 2. The van der Waals surface area contributed by atoms with Gasteiger partial charge in [0.1, 0.15) is 11.4 Å². The molecule has 1 atom stereocenters. The lowest BCUT2D eigenvalue weighted by atomic mass is 10.1. The Hall–Kier alpha value is -2.41. The van der Waals surface area contributed by atoms with E-state index in [4.69, 9.17) is 14.2 Å². The summed E-state index contributed by atoms with van der Waals surface area (Å²) in [5, 5.41) is 15.3. The molecule has 2 aromatic rings. The molecule has 11 heteroatoms. The van der Waals surface area contributed by atoms with E-state index < -0.39 is 4.99 Å². The van der Waals surface area contributed by atoms with Crippen molar-refractivity contribution in [3.8, 4) is 11.6 Å². The van der Waals surface area contributed by atoms with Crippen molar-refractivity contribution < 1.29 is 19.0 Å². The van der Waals surface area contributed by atoms with Crippen molar-refractivity contribution in [2.24, 2.45) is 15.2 Å². The normalized spacial score (nSPS) is 17.6. The largest absolute Gasteiger partial charge is 0.492 e. The quantitative estimate of drug-likeness (QED) is 0.135. The van der Waals surface area contributed by atoms with E-state index in [2.05, 4.69) is 60.6 Å². The summed E-state index contributed by atoms with van der Waals surface area (Å²) in [6.45, 7) is 5.09. The van der Waals surface area contributed by atoms with Crippen LogP contribution < -0.4 is 9.47 Å². The number of ether oxygens (including phenoxy) is 3. The fourth-order valence-electron chi connectivity index (χ4n) is 2.76. The molecule has 1 aliphatic rings. The number of nitrogens with zero attached hydrogens (tertiary/aromatic N) is 4. The van der Waals surface area contributed by atoms with Crippen LogP contribution in [-0.2, 0) is 14.5 Å². The average molecular weight is 569 g/mol. The number of amidine groups is 1. The average Bonchev–Trinajstić information content (AvgIpc) is 3.39. The fourth-order valence-corrected chi connectivity index (χ4v) is 3.71. The minimum atomic E-state index is -1.13. The first-order chi connectivity index (χ1) is 15.4. The van der Waals surface area contributed by atoms with E-state index in [0.717, 1.165) is 27.7 Å². The highest BCUT2D eigenvalue weighted by Gasteiger charge is 2.33. The zero-order valence-electron chi connectivity index (χ0n) is 17.7. The van der Waals surface area contributed by atoms with Gasteiger partial charge in [-0.15, -0.1) is 22.9 Å². The van der Waals surface area contributed by atoms with Crippen LogP contribution in [0.3, 0.4) is 0 Å². The van der Waals surface area contributed by atoms with Gasteiger partial charge in [0, 0.05) is 17.7 Å². The highest BCUT2D eigenvalue weighted by Crippen LogP contribution is 2.39. The predicted molar refractivity (Wildman–Crippen MR) is 131 cm³/mol. The lowest BCUT2D eigenvalue weighted by Crippen LogP contribution is -2.11. The van der Waals surface area contributed by atoms with E-state index >= 15 is 0 Å². The third-order valence-electron chi connectivity index (χ3n) is 4.29. The number of rotatable bonds is 11. The second-order valence-electron chi connectivity index (χ2n) is 6.69. The number of hydrogen-bond acceptors (Lipinski definition) is 9. The summed E-state index contributed by atoms with van der Waals surface area (Å²) in [6, 6.07) is 7.38. The van der Waals surface area contributed by atoms with Crippen LogP contribution in [0.15, 0.2) is 51.6 Å². The molecule has 170 valence electrons. The van der Waals surface area contributed by atoms with Crippen LogP contribution in [0.5, 0.6) is 11.6 Å². The van der Waals surface area contributed by atoms with Gasteiger partial charge >= 0.3 is 5.97 Å². The molecule has 0 bridgehead atoms. The van der Waals surface area contributed by atoms with Gasteiger partial charge in [-0.3, -0.25) is 0 Å². The van der Waals surface area contributed by atoms with Gasteiger partial charge in [0.15, 0.2) is 0 Å². The zero-order chi connectivity index (χ0) is 23.0. The Morgan fingerprint density at radius 3 is 2.81 bits per heavy atom. The molecule has 1 N–H and O–H groups in total. The maximum Gasteiger partial charge on any atom is 0.330 e. The molecule has 0 fully saturated rings. The Bertz CT molecular complexity index is 1040. The number of carbonyl (C=O) groups excluding carboxylic acids is 1. The number of nitrogens with one attached hydrogen (secondary N) is 1. The van der Waals surface area contributed by atoms with Crippen molar-refractivity contribution in [2.75, 3.05) is 19.8 Å². The number of allylic oxidation sites excluding steroid dienone is 1. The smallest absolute Gasteiger partial charge is 0.330 e. The van der Waals surface area contributed by atoms with E-state index in [0.29, 0.717) is 37.2 Å². The number of esters is 1. The van der Waals surface area contributed by atoms with Gasteiger partial charge in [0.25, 0.3) is 0 Å². The molecular weight excluding hydrogens is 545 g/mol. The second kappa shape index (κ2) is 11.5. The summed E-state index contributed by atoms with van der Waals surface area (Å²) in [7, 11) is 0. The lowest BCUT2D eigenvalue weighted by Gasteiger charge is -2.16. The fraction of sp³-hybridized carbons (Fsp3) is 0.381. The van der Waals surface area contributed by atoms with Gasteiger partial charge in [-0.05, 0) is 67.5 Å². The van der Waals surface area contributed by atoms with Crippen molar-refractivity contribution in [3.63, 3.8) is 0 Å². The molecule has 9 nitrogen and oxygen atoms in total. The van der Waals surface area contributed by atoms with E-state index in [1.807, 2.05) is 25.1 Å². The molecule has 1 aliphatic heterocycles. The van der Waals surface area contributed by atoms with Gasteiger partial charge in [0.05, 0.1) is 23.4 Å². The summed E-state index contributed by atoms with van der Waals surface area (Å²) in [5.74, 6) is 1.36. The number of halogens is 1. The van der Waals surface area contributed by atoms with E-state index in [1.165, 1.54) is 6.08 Å². The van der Waals surface area contributed by atoms with E-state index in [-0.39, 0.29) is 5.97 Å². The molecule has 0 spiro atoms. The molecule has 1 unspecified atom stereocenters. The first-order valence-electron chi connectivity index (χ1n) is 10.1. The van der Waals surface area contributed by atoms with Crippen LogP contribution in [-0.4, -0.2) is 41.8 Å². The van der Waals surface area contributed by atoms with Gasteiger partial charge in [-0.25, -0.2) is 14.9 Å². The summed E-state index contributed by atoms with van der Waals surface area (Å²) in [6.07, 6.45) is 4.56. The molecule has 2 heterocycles. The molecule has 32 heavy (non-hydrogen) atoms. The number of carbonyl (C=O) groups is 1. The second-order valence-corrected chi connectivity index (χ2v) is 8.48. The first-order valence-corrected chi connectivity index (χ1v) is 11.6. The van der Waals surface area contributed by atoms with Crippen LogP contribution >= 0.6 is 35.2 Å². The maximum atomic E-state index is 11.3. The highest BCUT2D eigenvalue weighted by atomic mass is 127. The Kier molecular flexibility index (Phi) is 8.67. The summed E-state index contributed by atoms with van der Waals surface area (Å²) in [5.41, 5.74) is 1.31. The van der Waals surface area contributed by atoms with Crippen molar-refractivity contribution in [2.45, 2.75) is 31.7 Å². The van der Waals surface area contributed by atoms with Crippen LogP contribution in [0.4, 0.5) is 0 Å². The Morgan fingerprint density at radius 2 is 2.06 bits per heavy atom. The van der Waals surface area contributed by atoms with Crippen molar-refractivity contribution >= 4 is 47.0 Å². The number of azo groups is 1. The standard InChI is InChI=1S/C21H24IN5O4S/c1-3-7-19(28)31-11-6-5-10-30-17-9-8-14(12-15(17)22)21(32)23-20(26-27-21)16-13-18(25-24-16)29-4-2/h3,7-9,12-13,32H,4-6,10-11H2,1-2H3,(H,24,25)/b7-3+. The molecule has 0 saturated carbocycles. The van der Waals surface area contributed by atoms with Crippen molar-refractivity contribution in [3.05, 3.63) is 51.2 Å². The van der Waals surface area contributed by atoms with Crippen LogP contribution in [0, 0.1) is 3.57 Å². The van der Waals surface area contributed by atoms with E-state index in [9.17, 15) is 4.79 Å². The minimum Gasteiger partial charge on any atom is -0.492 e. The maximum absolute atomic E-state index is 11.3. The lowest BCUT2D eigenvalue weighted by molar-refractivity contribution is -0.137. The molecule has 1 aromatic heterocycles. The molecule has 3 rings (SSSR count). The molecular formula is C21H24IN5O4S. The molecule has 0 amide bonds. The molecule has 0 radical (unpaired) electrons. The third kappa shape index (κ3) is 6.31. The molecule has 1 aromatic carbocycles. The summed E-state index contributed by atoms with van der Waals surface area (Å²) < 4.78 is 17.2. The van der Waals surface area contributed by atoms with Crippen molar-refractivity contribution in [1.82, 2.24) is 10.2 Å². The zero-order valence-corrected chi connectivity index (χ0v) is 20.8. The van der Waals surface area contributed by atoms with Crippen molar-refractivity contribution in [1.29, 1.82) is 0 Å². The number of aliphatic imine (C=N–C) groups is 1. The number of thiol groups is 1. The number of aromatic amines is 1. The van der Waals surface area contributed by atoms with Crippen LogP contribution in [0.1, 0.15) is 37.9 Å². The predicted octanol–water partition coefficient (Wildman–Crippen LogP) is 4.64. The Morgan fingerprint density at radius 1 is 1.25 bits per heavy atom. The third-order valence-corrected chi connectivity index (χ3v) is 5.58. The Balaban J connectivity index is 1.55. The topological polar surface area (TPSA) is 111 Å².